The van der Waals surface area contributed by atoms with Gasteiger partial charge in [0.05, 0.1) is 20.1 Å². The van der Waals surface area contributed by atoms with Crippen LogP contribution in [0.5, 0.6) is 11.5 Å². The zero-order chi connectivity index (χ0) is 52.5. The molecule has 0 aromatic heterocycles. The number of quaternary nitrogens is 1. The number of aryl methyl sites for hydroxylation is 1. The Morgan fingerprint density at radius 2 is 1.23 bits per heavy atom. The van der Waals surface area contributed by atoms with Crippen molar-refractivity contribution in [1.82, 2.24) is 4.90 Å². The van der Waals surface area contributed by atoms with Crippen LogP contribution in [-0.2, 0) is 20.7 Å². The molecule has 71 heavy (non-hydrogen) atoms. The lowest BCUT2D eigenvalue weighted by Crippen LogP contribution is -2.52. The van der Waals surface area contributed by atoms with E-state index in [2.05, 4.69) is 81.4 Å². The molecule has 2 rings (SSSR count). The molecule has 1 heterocycles. The third-order valence-electron chi connectivity index (χ3n) is 16.2. The second-order valence-electron chi connectivity index (χ2n) is 24.5. The van der Waals surface area contributed by atoms with Crippen molar-refractivity contribution in [2.24, 2.45) is 17.8 Å². The highest BCUT2D eigenvalue weighted by Gasteiger charge is 2.34. The number of hydrogen-bond donors (Lipinski definition) is 1. The van der Waals surface area contributed by atoms with Crippen LogP contribution in [-0.4, -0.2) is 91.6 Å². The highest BCUT2D eigenvalue weighted by atomic mass is 16.5. The summed E-state index contributed by atoms with van der Waals surface area (Å²) in [4.78, 5) is 28.4. The average molecular weight is 999 g/mol. The van der Waals surface area contributed by atoms with Gasteiger partial charge in [0.15, 0.2) is 0 Å². The van der Waals surface area contributed by atoms with Gasteiger partial charge in [-0.1, -0.05) is 157 Å². The van der Waals surface area contributed by atoms with Gasteiger partial charge < -0.3 is 28.7 Å². The first-order valence-electron chi connectivity index (χ1n) is 30.3. The summed E-state index contributed by atoms with van der Waals surface area (Å²) in [5.41, 5.74) is 3.00. The molecule has 0 amide bonds. The maximum absolute atomic E-state index is 13.2. The quantitative estimate of drug-likeness (QED) is 0.0302. The number of benzene rings is 1. The summed E-state index contributed by atoms with van der Waals surface area (Å²) in [7, 11) is 6.47. The van der Waals surface area contributed by atoms with E-state index in [1.165, 1.54) is 116 Å². The number of carbonyl (C=O) groups is 2. The van der Waals surface area contributed by atoms with Crippen LogP contribution in [0.4, 0.5) is 0 Å². The molecular weight excluding hydrogens is 881 g/mol. The third-order valence-corrected chi connectivity index (χ3v) is 16.2. The Morgan fingerprint density at radius 3 is 1.83 bits per heavy atom. The van der Waals surface area contributed by atoms with Crippen molar-refractivity contribution in [3.8, 4) is 11.5 Å². The molecule has 1 aromatic carbocycles. The monoisotopic (exact) mass is 998 g/mol. The number of aliphatic hydroxyl groups excluding tert-OH is 1. The number of fused-ring (bicyclic) bond motifs is 1. The van der Waals surface area contributed by atoms with E-state index in [1.54, 1.807) is 0 Å². The van der Waals surface area contributed by atoms with Gasteiger partial charge in [-0.2, -0.15) is 0 Å². The van der Waals surface area contributed by atoms with Gasteiger partial charge in [-0.25, -0.2) is 0 Å². The fourth-order valence-corrected chi connectivity index (χ4v) is 11.0. The van der Waals surface area contributed by atoms with Gasteiger partial charge in [-0.3, -0.25) is 9.59 Å². The Morgan fingerprint density at radius 1 is 0.676 bits per heavy atom. The van der Waals surface area contributed by atoms with Gasteiger partial charge in [0.2, 0.25) is 0 Å². The van der Waals surface area contributed by atoms with Crippen molar-refractivity contribution in [2.75, 3.05) is 47.3 Å². The predicted molar refractivity (Wildman–Crippen MR) is 302 cm³/mol. The van der Waals surface area contributed by atoms with Crippen molar-refractivity contribution in [3.63, 3.8) is 0 Å². The number of unbranched alkanes of at least 4 members (excludes halogenated alkanes) is 13. The molecule has 1 aromatic rings. The Bertz CT molecular complexity index is 1530. The van der Waals surface area contributed by atoms with Crippen LogP contribution in [0.3, 0.4) is 0 Å². The molecule has 1 aliphatic rings. The molecule has 0 saturated heterocycles. The Balaban J connectivity index is 1.78. The van der Waals surface area contributed by atoms with E-state index in [1.807, 2.05) is 13.0 Å². The number of likely N-dealkylation sites (N-methyl/N-ethyl adjacent to an activating group) is 2. The first kappa shape index (κ1) is 65.0. The summed E-state index contributed by atoms with van der Waals surface area (Å²) < 4.78 is 19.7. The predicted octanol–water partition coefficient (Wildman–Crippen LogP) is 16.6. The Labute approximate surface area is 439 Å². The minimum Gasteiger partial charge on any atom is -0.487 e. The van der Waals surface area contributed by atoms with Gasteiger partial charge >= 0.3 is 11.9 Å². The summed E-state index contributed by atoms with van der Waals surface area (Å²) in [5, 5.41) is 11.3. The number of carbonyl (C=O) groups excluding carboxylic acids is 2. The molecule has 0 spiro atoms. The lowest BCUT2D eigenvalue weighted by Gasteiger charge is -2.37. The van der Waals surface area contributed by atoms with Gasteiger partial charge in [0, 0.05) is 19.4 Å². The summed E-state index contributed by atoms with van der Waals surface area (Å²) >= 11 is 0. The van der Waals surface area contributed by atoms with Crippen molar-refractivity contribution in [1.29, 1.82) is 0 Å². The molecular formula is C63H117N2O6+. The molecule has 0 aliphatic carbocycles. The van der Waals surface area contributed by atoms with E-state index in [0.29, 0.717) is 31.6 Å². The molecule has 5 atom stereocenters. The fraction of sp³-hybridized carbons (Fsp3) is 0.873. The summed E-state index contributed by atoms with van der Waals surface area (Å²) in [6, 6.07) is 2.04. The lowest BCUT2D eigenvalue weighted by atomic mass is 9.85. The second-order valence-corrected chi connectivity index (χ2v) is 24.5. The maximum Gasteiger partial charge on any atom is 0.311 e. The number of aliphatic hydroxyl groups is 1. The second kappa shape index (κ2) is 37.6. The van der Waals surface area contributed by atoms with E-state index in [-0.39, 0.29) is 30.1 Å². The number of esters is 2. The molecule has 5 unspecified atom stereocenters. The van der Waals surface area contributed by atoms with Crippen LogP contribution in [0, 0.1) is 31.6 Å². The number of hydrogen-bond acceptors (Lipinski definition) is 7. The topological polar surface area (TPSA) is 85.3 Å². The van der Waals surface area contributed by atoms with E-state index in [9.17, 15) is 14.7 Å². The molecule has 0 radical (unpaired) electrons. The summed E-state index contributed by atoms with van der Waals surface area (Å²) in [6.45, 7) is 24.0. The smallest absolute Gasteiger partial charge is 0.311 e. The zero-order valence-electron chi connectivity index (χ0n) is 49.0. The largest absolute Gasteiger partial charge is 0.487 e. The molecule has 0 bridgehead atoms. The van der Waals surface area contributed by atoms with Gasteiger partial charge in [0.1, 0.15) is 35.9 Å². The van der Waals surface area contributed by atoms with E-state index in [0.717, 1.165) is 135 Å². The zero-order valence-corrected chi connectivity index (χ0v) is 49.0. The standard InChI is InChI=1S/C63H117N2O6/c1-13-15-17-19-21-25-39-58(40-26-22-20-18-16-14-2)69-60(67)41-27-23-24-28-47-65(12,48-46-64(10)11)50-57(66)38-31-42-61(68)70-59-49-56-43-45-63(9,71-62(56)55(8)54(59)7)44-32-37-53(6)36-30-35-52(5)34-29-33-51(3)4/h49,51-53,57-58,66H,13-48,50H2,1-12H3/q+1. The number of nitrogens with zero attached hydrogens (tertiary/aromatic N) is 2. The third kappa shape index (κ3) is 30.1. The molecule has 0 saturated carbocycles. The van der Waals surface area contributed by atoms with Crippen LogP contribution < -0.4 is 9.47 Å². The van der Waals surface area contributed by atoms with Crippen molar-refractivity contribution in [2.45, 2.75) is 292 Å². The highest BCUT2D eigenvalue weighted by molar-refractivity contribution is 5.73. The Kier molecular flexibility index (Phi) is 34.4. The number of rotatable bonds is 44. The molecule has 8 heteroatoms. The van der Waals surface area contributed by atoms with Crippen LogP contribution in [0.15, 0.2) is 6.07 Å². The van der Waals surface area contributed by atoms with E-state index in [4.69, 9.17) is 14.2 Å². The van der Waals surface area contributed by atoms with E-state index < -0.39 is 6.10 Å². The van der Waals surface area contributed by atoms with Gasteiger partial charge in [-0.15, -0.1) is 0 Å². The lowest BCUT2D eigenvalue weighted by molar-refractivity contribution is -0.912. The minimum absolute atomic E-state index is 0.0138. The Hall–Kier alpha value is -2.16. The van der Waals surface area contributed by atoms with Crippen LogP contribution in [0.1, 0.15) is 271 Å². The molecule has 1 N–H and O–H groups in total. The van der Waals surface area contributed by atoms with Gasteiger partial charge in [-0.05, 0) is 159 Å². The summed E-state index contributed by atoms with van der Waals surface area (Å²) in [6.07, 6.45) is 36.3. The van der Waals surface area contributed by atoms with Crippen LogP contribution in [0.2, 0.25) is 0 Å². The SMILES string of the molecule is CCCCCCCCC(CCCCCCCC)OC(=O)CCCCCC[N+](C)(CCN(C)C)CC(O)CCCC(=O)Oc1cc2c(c(C)c1C)OC(C)(CCCC(C)CCCC(C)CCCC(C)C)CC2. The van der Waals surface area contributed by atoms with Crippen molar-refractivity contribution < 1.29 is 33.4 Å². The minimum atomic E-state index is -0.495. The van der Waals surface area contributed by atoms with Crippen LogP contribution >= 0.6 is 0 Å². The van der Waals surface area contributed by atoms with Crippen molar-refractivity contribution >= 4 is 11.9 Å². The fourth-order valence-electron chi connectivity index (χ4n) is 11.0. The highest BCUT2D eigenvalue weighted by Crippen LogP contribution is 2.42. The molecule has 414 valence electrons. The molecule has 1 aliphatic heterocycles. The summed E-state index contributed by atoms with van der Waals surface area (Å²) in [5.74, 6) is 3.79. The molecule has 0 fully saturated rings. The first-order chi connectivity index (χ1) is 33.9. The average Bonchev–Trinajstić information content (AvgIpc) is 3.31. The normalized spacial score (nSPS) is 17.0. The van der Waals surface area contributed by atoms with Gasteiger partial charge in [0.25, 0.3) is 0 Å². The van der Waals surface area contributed by atoms with Crippen molar-refractivity contribution in [3.05, 3.63) is 22.8 Å². The number of ether oxygens (including phenoxy) is 3. The maximum atomic E-state index is 13.2. The molecule has 8 nitrogen and oxygen atoms in total. The van der Waals surface area contributed by atoms with Crippen LogP contribution in [0.25, 0.3) is 0 Å². The first-order valence-corrected chi connectivity index (χ1v) is 30.3. The van der Waals surface area contributed by atoms with E-state index >= 15 is 0 Å².